The normalized spacial score (nSPS) is 11.3. The van der Waals surface area contributed by atoms with E-state index < -0.39 is 5.82 Å². The van der Waals surface area contributed by atoms with Crippen LogP contribution in [-0.4, -0.2) is 17.3 Å². The number of aromatic nitrogens is 1. The first-order valence-corrected chi connectivity index (χ1v) is 10.4. The lowest BCUT2D eigenvalue weighted by atomic mass is 10.0. The summed E-state index contributed by atoms with van der Waals surface area (Å²) in [6.07, 6.45) is 2.13. The fraction of sp³-hybridized carbons (Fsp3) is 0.0385. The summed E-state index contributed by atoms with van der Waals surface area (Å²) in [4.78, 5) is 4.60. The van der Waals surface area contributed by atoms with Gasteiger partial charge >= 0.3 is 0 Å². The number of rotatable bonds is 7. The van der Waals surface area contributed by atoms with Crippen LogP contribution in [0, 0.1) is 16.6 Å². The van der Waals surface area contributed by atoms with E-state index in [0.29, 0.717) is 29.9 Å². The maximum Gasteiger partial charge on any atom is 0.221 e. The standard InChI is InChI=1S/C26H19ClFN3O2/c27-20-9-5-19(24(28)14-20)13-23(26(30)33-16-29)17-7-11-22(12-8-17)32-15-21-10-6-18-3-1-2-4-25(18)31-21/h1-14,16,29-30H,15H2/b23-13+,29-16?,30-26?. The summed E-state index contributed by atoms with van der Waals surface area (Å²) in [5, 5.41) is 16.6. The molecule has 0 bridgehead atoms. The molecule has 2 N–H and O–H groups in total. The van der Waals surface area contributed by atoms with Crippen LogP contribution in [0.5, 0.6) is 5.75 Å². The van der Waals surface area contributed by atoms with Crippen LogP contribution in [0.1, 0.15) is 16.8 Å². The van der Waals surface area contributed by atoms with Gasteiger partial charge in [0.15, 0.2) is 6.40 Å². The number of hydrogen-bond acceptors (Lipinski definition) is 5. The number of nitrogens with zero attached hydrogens (tertiary/aromatic N) is 1. The maximum absolute atomic E-state index is 14.3. The Labute approximate surface area is 195 Å². The molecular weight excluding hydrogens is 441 g/mol. The third-order valence-corrected chi connectivity index (χ3v) is 5.13. The Bertz CT molecular complexity index is 1350. The second kappa shape index (κ2) is 10.1. The van der Waals surface area contributed by atoms with Gasteiger partial charge in [-0.25, -0.2) is 9.37 Å². The first-order valence-electron chi connectivity index (χ1n) is 10.0. The lowest BCUT2D eigenvalue weighted by Crippen LogP contribution is -2.05. The van der Waals surface area contributed by atoms with Crippen LogP contribution in [0.4, 0.5) is 4.39 Å². The Hall–Kier alpha value is -4.03. The summed E-state index contributed by atoms with van der Waals surface area (Å²) < 4.78 is 25.1. The minimum Gasteiger partial charge on any atom is -0.487 e. The average molecular weight is 460 g/mol. The van der Waals surface area contributed by atoms with Crippen molar-refractivity contribution < 1.29 is 13.9 Å². The molecule has 1 aromatic heterocycles. The minimum absolute atomic E-state index is 0.246. The predicted octanol–water partition coefficient (Wildman–Crippen LogP) is 6.75. The SMILES string of the molecule is N=COC(=N)/C(=C/c1ccc(Cl)cc1F)c1ccc(OCc2ccc3ccccc3n2)cc1. The van der Waals surface area contributed by atoms with Crippen LogP contribution in [-0.2, 0) is 11.3 Å². The van der Waals surface area contributed by atoms with E-state index in [2.05, 4.69) is 4.98 Å². The molecule has 7 heteroatoms. The highest BCUT2D eigenvalue weighted by Gasteiger charge is 2.12. The van der Waals surface area contributed by atoms with Crippen molar-refractivity contribution in [2.75, 3.05) is 0 Å². The van der Waals surface area contributed by atoms with Crippen LogP contribution < -0.4 is 4.74 Å². The first kappa shape index (κ1) is 22.2. The maximum atomic E-state index is 14.3. The molecule has 0 aliphatic carbocycles. The molecule has 0 atom stereocenters. The molecule has 4 rings (SSSR count). The van der Waals surface area contributed by atoms with Crippen molar-refractivity contribution in [3.05, 3.63) is 107 Å². The summed E-state index contributed by atoms with van der Waals surface area (Å²) in [6, 6.07) is 23.1. The van der Waals surface area contributed by atoms with E-state index in [1.54, 1.807) is 30.3 Å². The molecule has 5 nitrogen and oxygen atoms in total. The van der Waals surface area contributed by atoms with Gasteiger partial charge in [-0.05, 0) is 48.0 Å². The fourth-order valence-corrected chi connectivity index (χ4v) is 3.41. The van der Waals surface area contributed by atoms with E-state index in [-0.39, 0.29) is 16.5 Å². The lowest BCUT2D eigenvalue weighted by molar-refractivity contribution is 0.302. The van der Waals surface area contributed by atoms with E-state index in [4.69, 9.17) is 31.9 Å². The summed E-state index contributed by atoms with van der Waals surface area (Å²) in [6.45, 7) is 0.301. The van der Waals surface area contributed by atoms with E-state index in [1.807, 2.05) is 36.4 Å². The Morgan fingerprint density at radius 1 is 1.00 bits per heavy atom. The monoisotopic (exact) mass is 459 g/mol. The molecule has 0 saturated carbocycles. The van der Waals surface area contributed by atoms with Crippen LogP contribution >= 0.6 is 11.6 Å². The van der Waals surface area contributed by atoms with Gasteiger partial charge < -0.3 is 9.47 Å². The second-order valence-corrected chi connectivity index (χ2v) is 7.53. The van der Waals surface area contributed by atoms with Crippen molar-refractivity contribution in [3.63, 3.8) is 0 Å². The minimum atomic E-state index is -0.523. The fourth-order valence-electron chi connectivity index (χ4n) is 3.25. The van der Waals surface area contributed by atoms with Crippen molar-refractivity contribution in [2.24, 2.45) is 0 Å². The van der Waals surface area contributed by atoms with Crippen LogP contribution in [0.3, 0.4) is 0 Å². The van der Waals surface area contributed by atoms with Gasteiger partial charge in [-0.15, -0.1) is 0 Å². The molecule has 0 amide bonds. The molecule has 0 unspecified atom stereocenters. The molecule has 0 fully saturated rings. The highest BCUT2D eigenvalue weighted by molar-refractivity contribution is 6.30. The molecule has 164 valence electrons. The third kappa shape index (κ3) is 5.42. The van der Waals surface area contributed by atoms with Gasteiger partial charge in [0.25, 0.3) is 0 Å². The van der Waals surface area contributed by atoms with Gasteiger partial charge in [0.1, 0.15) is 18.2 Å². The molecule has 0 saturated heterocycles. The highest BCUT2D eigenvalue weighted by Crippen LogP contribution is 2.25. The molecule has 33 heavy (non-hydrogen) atoms. The van der Waals surface area contributed by atoms with Crippen LogP contribution in [0.2, 0.25) is 5.02 Å². The molecule has 1 heterocycles. The van der Waals surface area contributed by atoms with Gasteiger partial charge in [0.05, 0.1) is 11.2 Å². The average Bonchev–Trinajstić information content (AvgIpc) is 2.83. The van der Waals surface area contributed by atoms with Gasteiger partial charge in [-0.3, -0.25) is 10.8 Å². The van der Waals surface area contributed by atoms with Crippen LogP contribution in [0.15, 0.2) is 78.9 Å². The van der Waals surface area contributed by atoms with Crippen molar-refractivity contribution in [3.8, 4) is 5.75 Å². The van der Waals surface area contributed by atoms with Crippen molar-refractivity contribution >= 4 is 46.5 Å². The van der Waals surface area contributed by atoms with Crippen molar-refractivity contribution in [1.29, 1.82) is 10.8 Å². The topological polar surface area (TPSA) is 79.0 Å². The summed E-state index contributed by atoms with van der Waals surface area (Å²) >= 11 is 5.83. The van der Waals surface area contributed by atoms with E-state index in [9.17, 15) is 4.39 Å². The number of halogens is 2. The van der Waals surface area contributed by atoms with Crippen molar-refractivity contribution in [2.45, 2.75) is 6.61 Å². The summed E-state index contributed by atoms with van der Waals surface area (Å²) in [5.74, 6) is -0.191. The van der Waals surface area contributed by atoms with Crippen LogP contribution in [0.25, 0.3) is 22.6 Å². The van der Waals surface area contributed by atoms with Crippen molar-refractivity contribution in [1.82, 2.24) is 4.98 Å². The molecule has 4 aromatic rings. The van der Waals surface area contributed by atoms with Gasteiger partial charge in [0, 0.05) is 21.5 Å². The lowest BCUT2D eigenvalue weighted by Gasteiger charge is -2.11. The number of benzene rings is 3. The quantitative estimate of drug-likeness (QED) is 0.182. The zero-order valence-electron chi connectivity index (χ0n) is 17.4. The zero-order chi connectivity index (χ0) is 23.2. The number of nitrogens with one attached hydrogen (secondary N) is 2. The Morgan fingerprint density at radius 3 is 2.55 bits per heavy atom. The zero-order valence-corrected chi connectivity index (χ0v) is 18.1. The first-order chi connectivity index (χ1) is 16.0. The molecule has 3 aromatic carbocycles. The van der Waals surface area contributed by atoms with Gasteiger partial charge in [-0.1, -0.05) is 54.1 Å². The van der Waals surface area contributed by atoms with Gasteiger partial charge in [-0.2, -0.15) is 0 Å². The number of hydrogen-bond donors (Lipinski definition) is 2. The summed E-state index contributed by atoms with van der Waals surface area (Å²) in [5.41, 5.74) is 2.87. The molecular formula is C26H19ClFN3O2. The van der Waals surface area contributed by atoms with E-state index >= 15 is 0 Å². The number of fused-ring (bicyclic) bond motifs is 1. The van der Waals surface area contributed by atoms with E-state index in [0.717, 1.165) is 16.6 Å². The molecule has 0 radical (unpaired) electrons. The van der Waals surface area contributed by atoms with E-state index in [1.165, 1.54) is 18.2 Å². The highest BCUT2D eigenvalue weighted by atomic mass is 35.5. The second-order valence-electron chi connectivity index (χ2n) is 7.10. The third-order valence-electron chi connectivity index (χ3n) is 4.89. The Balaban J connectivity index is 1.54. The molecule has 0 spiro atoms. The smallest absolute Gasteiger partial charge is 0.221 e. The number of pyridine rings is 1. The Morgan fingerprint density at radius 2 is 1.79 bits per heavy atom. The number of para-hydroxylation sites is 1. The molecule has 0 aliphatic heterocycles. The largest absolute Gasteiger partial charge is 0.487 e. The van der Waals surface area contributed by atoms with Gasteiger partial charge in [0.2, 0.25) is 5.90 Å². The number of ether oxygens (including phenoxy) is 2. The summed E-state index contributed by atoms with van der Waals surface area (Å²) in [7, 11) is 0. The predicted molar refractivity (Wildman–Crippen MR) is 129 cm³/mol. The molecule has 0 aliphatic rings. The Kier molecular flexibility index (Phi) is 6.76.